The number of methoxy groups -OCH3 is 1. The topological polar surface area (TPSA) is 58.6 Å². The number of rotatable bonds is 4. The molecule has 5 nitrogen and oxygen atoms in total. The van der Waals surface area contributed by atoms with Gasteiger partial charge in [-0.05, 0) is 43.2 Å². The summed E-state index contributed by atoms with van der Waals surface area (Å²) in [6, 6.07) is 11.3. The van der Waals surface area contributed by atoms with Crippen LogP contribution in [-0.2, 0) is 4.79 Å². The third-order valence-electron chi connectivity index (χ3n) is 4.34. The first-order chi connectivity index (χ1) is 12.5. The molecule has 0 unspecified atom stereocenters. The van der Waals surface area contributed by atoms with Crippen molar-refractivity contribution in [2.24, 2.45) is 0 Å². The number of likely N-dealkylation sites (tertiary alicyclic amines) is 1. The lowest BCUT2D eigenvalue weighted by atomic mass is 10.1. The zero-order chi connectivity index (χ0) is 18.7. The van der Waals surface area contributed by atoms with E-state index in [0.717, 1.165) is 6.42 Å². The van der Waals surface area contributed by atoms with Gasteiger partial charge in [0.05, 0.1) is 23.4 Å². The predicted molar refractivity (Wildman–Crippen MR) is 102 cm³/mol. The van der Waals surface area contributed by atoms with Crippen LogP contribution in [0.25, 0.3) is 0 Å². The van der Waals surface area contributed by atoms with Gasteiger partial charge in [0.2, 0.25) is 5.91 Å². The average molecular weight is 393 g/mol. The van der Waals surface area contributed by atoms with Crippen molar-refractivity contribution >= 4 is 40.7 Å². The smallest absolute Gasteiger partial charge is 0.256 e. The van der Waals surface area contributed by atoms with Crippen LogP contribution in [0.1, 0.15) is 23.2 Å². The van der Waals surface area contributed by atoms with E-state index in [-0.39, 0.29) is 11.8 Å². The van der Waals surface area contributed by atoms with Crippen LogP contribution in [0.15, 0.2) is 42.5 Å². The van der Waals surface area contributed by atoms with E-state index in [1.165, 1.54) is 13.2 Å². The van der Waals surface area contributed by atoms with Gasteiger partial charge in [0, 0.05) is 11.6 Å². The van der Waals surface area contributed by atoms with E-state index < -0.39 is 6.04 Å². The highest BCUT2D eigenvalue weighted by atomic mass is 35.5. The minimum atomic E-state index is -0.567. The molecule has 0 aliphatic carbocycles. The number of ether oxygens (including phenoxy) is 1. The quantitative estimate of drug-likeness (QED) is 0.845. The Balaban J connectivity index is 1.80. The van der Waals surface area contributed by atoms with Gasteiger partial charge in [-0.3, -0.25) is 9.59 Å². The Morgan fingerprint density at radius 3 is 2.73 bits per heavy atom. The Morgan fingerprint density at radius 1 is 1.19 bits per heavy atom. The average Bonchev–Trinajstić information content (AvgIpc) is 3.13. The van der Waals surface area contributed by atoms with Crippen molar-refractivity contribution in [2.45, 2.75) is 18.9 Å². The van der Waals surface area contributed by atoms with Crippen LogP contribution in [-0.4, -0.2) is 36.4 Å². The molecular weight excluding hydrogens is 375 g/mol. The zero-order valence-corrected chi connectivity index (χ0v) is 15.7. The van der Waals surface area contributed by atoms with E-state index in [9.17, 15) is 9.59 Å². The van der Waals surface area contributed by atoms with E-state index in [1.807, 2.05) is 6.07 Å². The van der Waals surface area contributed by atoms with Crippen molar-refractivity contribution in [1.82, 2.24) is 4.90 Å². The molecule has 1 aliphatic rings. The molecule has 2 amide bonds. The number of hydrogen-bond donors (Lipinski definition) is 1. The molecule has 0 saturated carbocycles. The molecule has 2 aromatic rings. The predicted octanol–water partition coefficient (Wildman–Crippen LogP) is 4.25. The molecule has 26 heavy (non-hydrogen) atoms. The molecule has 1 aliphatic heterocycles. The summed E-state index contributed by atoms with van der Waals surface area (Å²) >= 11 is 12.1. The van der Waals surface area contributed by atoms with E-state index in [0.29, 0.717) is 40.0 Å². The minimum absolute atomic E-state index is 0.251. The fourth-order valence-corrected chi connectivity index (χ4v) is 3.43. The molecule has 136 valence electrons. The molecule has 1 fully saturated rings. The van der Waals surface area contributed by atoms with Crippen molar-refractivity contribution < 1.29 is 14.3 Å². The van der Waals surface area contributed by atoms with Gasteiger partial charge in [0.25, 0.3) is 5.91 Å². The Bertz CT molecular complexity index is 841. The van der Waals surface area contributed by atoms with Gasteiger partial charge in [0.15, 0.2) is 0 Å². The van der Waals surface area contributed by atoms with Gasteiger partial charge >= 0.3 is 0 Å². The second-order valence-corrected chi connectivity index (χ2v) is 6.81. The van der Waals surface area contributed by atoms with E-state index in [4.69, 9.17) is 27.9 Å². The summed E-state index contributed by atoms with van der Waals surface area (Å²) in [4.78, 5) is 27.2. The maximum absolute atomic E-state index is 12.9. The maximum atomic E-state index is 12.9. The number of carbonyl (C=O) groups excluding carboxylic acids is 2. The van der Waals surface area contributed by atoms with Crippen molar-refractivity contribution in [3.05, 3.63) is 58.1 Å². The molecule has 1 atom stereocenters. The molecule has 0 bridgehead atoms. The van der Waals surface area contributed by atoms with E-state index in [2.05, 4.69) is 5.32 Å². The fourth-order valence-electron chi connectivity index (χ4n) is 3.06. The number of para-hydroxylation sites is 2. The summed E-state index contributed by atoms with van der Waals surface area (Å²) < 4.78 is 5.25. The van der Waals surface area contributed by atoms with Crippen LogP contribution >= 0.6 is 23.2 Å². The summed E-state index contributed by atoms with van der Waals surface area (Å²) in [5.74, 6) is 0.0169. The lowest BCUT2D eigenvalue weighted by molar-refractivity contribution is -0.119. The van der Waals surface area contributed by atoms with Gasteiger partial charge in [0.1, 0.15) is 11.8 Å². The normalized spacial score (nSPS) is 16.4. The maximum Gasteiger partial charge on any atom is 0.256 e. The zero-order valence-electron chi connectivity index (χ0n) is 14.2. The monoisotopic (exact) mass is 392 g/mol. The number of nitrogens with one attached hydrogen (secondary N) is 1. The van der Waals surface area contributed by atoms with Gasteiger partial charge < -0.3 is 15.0 Å². The Kier molecular flexibility index (Phi) is 5.69. The SMILES string of the molecule is COc1ccccc1NC(=O)[C@@H]1CCCN1C(=O)c1cc(Cl)ccc1Cl. The molecule has 3 rings (SSSR count). The van der Waals surface area contributed by atoms with Crippen molar-refractivity contribution in [1.29, 1.82) is 0 Å². The first-order valence-electron chi connectivity index (χ1n) is 8.21. The first kappa shape index (κ1) is 18.5. The highest BCUT2D eigenvalue weighted by Gasteiger charge is 2.35. The summed E-state index contributed by atoms with van der Waals surface area (Å²) in [6.07, 6.45) is 1.33. The molecule has 0 spiro atoms. The van der Waals surface area contributed by atoms with Crippen molar-refractivity contribution in [2.75, 3.05) is 19.0 Å². The number of benzene rings is 2. The van der Waals surface area contributed by atoms with Crippen LogP contribution in [0.5, 0.6) is 5.75 Å². The summed E-state index contributed by atoms with van der Waals surface area (Å²) in [5, 5.41) is 3.59. The standard InChI is InChI=1S/C19H18Cl2N2O3/c1-26-17-7-3-2-5-15(17)22-18(24)16-6-4-10-23(16)19(25)13-11-12(20)8-9-14(13)21/h2-3,5,7-9,11,16H,4,6,10H2,1H3,(H,22,24)/t16-/m0/s1. The highest BCUT2D eigenvalue weighted by molar-refractivity contribution is 6.35. The number of carbonyl (C=O) groups is 2. The molecule has 2 aromatic carbocycles. The summed E-state index contributed by atoms with van der Waals surface area (Å²) in [6.45, 7) is 0.492. The van der Waals surface area contributed by atoms with Gasteiger partial charge in [-0.15, -0.1) is 0 Å². The van der Waals surface area contributed by atoms with Crippen LogP contribution in [0, 0.1) is 0 Å². The van der Waals surface area contributed by atoms with Gasteiger partial charge in [-0.1, -0.05) is 35.3 Å². The molecule has 1 N–H and O–H groups in total. The number of amides is 2. The number of anilines is 1. The third-order valence-corrected chi connectivity index (χ3v) is 4.90. The number of halogens is 2. The van der Waals surface area contributed by atoms with E-state index >= 15 is 0 Å². The van der Waals surface area contributed by atoms with E-state index in [1.54, 1.807) is 35.2 Å². The molecular formula is C19H18Cl2N2O3. The Labute approximate surface area is 161 Å². The van der Waals surface area contributed by atoms with Crippen LogP contribution in [0.3, 0.4) is 0 Å². The van der Waals surface area contributed by atoms with Gasteiger partial charge in [-0.2, -0.15) is 0 Å². The number of nitrogens with zero attached hydrogens (tertiary/aromatic N) is 1. The Hall–Kier alpha value is -2.24. The van der Waals surface area contributed by atoms with Gasteiger partial charge in [-0.25, -0.2) is 0 Å². The number of hydrogen-bond acceptors (Lipinski definition) is 3. The molecule has 1 saturated heterocycles. The van der Waals surface area contributed by atoms with Crippen molar-refractivity contribution in [3.63, 3.8) is 0 Å². The fraction of sp³-hybridized carbons (Fsp3) is 0.263. The third kappa shape index (κ3) is 3.79. The first-order valence-corrected chi connectivity index (χ1v) is 8.96. The second-order valence-electron chi connectivity index (χ2n) is 5.97. The second kappa shape index (κ2) is 7.98. The van der Waals surface area contributed by atoms with Crippen molar-refractivity contribution in [3.8, 4) is 5.75 Å². The summed E-state index contributed by atoms with van der Waals surface area (Å²) in [5.41, 5.74) is 0.872. The molecule has 1 heterocycles. The largest absolute Gasteiger partial charge is 0.495 e. The Morgan fingerprint density at radius 2 is 1.96 bits per heavy atom. The highest BCUT2D eigenvalue weighted by Crippen LogP contribution is 2.28. The van der Waals surface area contributed by atoms with Crippen LogP contribution in [0.4, 0.5) is 5.69 Å². The van der Waals surface area contributed by atoms with Crippen LogP contribution in [0.2, 0.25) is 10.0 Å². The minimum Gasteiger partial charge on any atom is -0.495 e. The lowest BCUT2D eigenvalue weighted by Gasteiger charge is -2.25. The van der Waals surface area contributed by atoms with Crippen LogP contribution < -0.4 is 10.1 Å². The molecule has 7 heteroatoms. The molecule has 0 aromatic heterocycles. The lowest BCUT2D eigenvalue weighted by Crippen LogP contribution is -2.43. The molecule has 0 radical (unpaired) electrons. The summed E-state index contributed by atoms with van der Waals surface area (Å²) in [7, 11) is 1.54.